The van der Waals surface area contributed by atoms with Crippen LogP contribution in [0.3, 0.4) is 0 Å². The van der Waals surface area contributed by atoms with Crippen molar-refractivity contribution in [2.75, 3.05) is 19.6 Å². The lowest BCUT2D eigenvalue weighted by atomic mass is 10.4. The summed E-state index contributed by atoms with van der Waals surface area (Å²) in [7, 11) is 2.18. The molecule has 0 amide bonds. The Morgan fingerprint density at radius 3 is 1.62 bits per heavy atom. The van der Waals surface area contributed by atoms with E-state index in [2.05, 4.69) is 37.7 Å². The molecular formula is C6H17NS. The van der Waals surface area contributed by atoms with Crippen molar-refractivity contribution in [3.05, 3.63) is 0 Å². The molecule has 0 radical (unpaired) electrons. The number of hydrogen-bond donors (Lipinski definition) is 1. The molecule has 0 aromatic heterocycles. The van der Waals surface area contributed by atoms with E-state index >= 15 is 0 Å². The van der Waals surface area contributed by atoms with Gasteiger partial charge in [-0.15, -0.1) is 0 Å². The standard InChI is InChI=1S/C6H17NS/c1-6(2)7(3)8(4)5/h6,8H,1-5H3. The largest absolute Gasteiger partial charge is 0.271 e. The minimum absolute atomic E-state index is 0.132. The van der Waals surface area contributed by atoms with Gasteiger partial charge in [0.2, 0.25) is 0 Å². The SMILES string of the molecule is CC(C)N(C)[SH](C)C. The van der Waals surface area contributed by atoms with Crippen LogP contribution >= 0.6 is 11.1 Å². The summed E-state index contributed by atoms with van der Waals surface area (Å²) in [6, 6.07) is 0.705. The number of rotatable bonds is 2. The molecule has 0 saturated carbocycles. The first-order chi connectivity index (χ1) is 3.55. The topological polar surface area (TPSA) is 3.24 Å². The summed E-state index contributed by atoms with van der Waals surface area (Å²) in [5.74, 6) is 0. The lowest BCUT2D eigenvalue weighted by Crippen LogP contribution is -2.21. The summed E-state index contributed by atoms with van der Waals surface area (Å²) in [6.45, 7) is 4.45. The fourth-order valence-corrected chi connectivity index (χ4v) is 1.39. The van der Waals surface area contributed by atoms with E-state index in [4.69, 9.17) is 0 Å². The van der Waals surface area contributed by atoms with Crippen LogP contribution in [0.5, 0.6) is 0 Å². The van der Waals surface area contributed by atoms with Gasteiger partial charge in [0.15, 0.2) is 0 Å². The second-order valence-electron chi connectivity index (χ2n) is 2.51. The molecule has 0 aliphatic rings. The van der Waals surface area contributed by atoms with Crippen molar-refractivity contribution in [1.29, 1.82) is 0 Å². The van der Waals surface area contributed by atoms with Gasteiger partial charge in [0, 0.05) is 6.04 Å². The Kier molecular flexibility index (Phi) is 3.49. The van der Waals surface area contributed by atoms with Crippen molar-refractivity contribution in [3.8, 4) is 0 Å². The molecule has 0 N–H and O–H groups in total. The second-order valence-corrected chi connectivity index (χ2v) is 4.84. The van der Waals surface area contributed by atoms with Crippen LogP contribution < -0.4 is 0 Å². The number of thiol groups is 1. The molecule has 0 atom stereocenters. The van der Waals surface area contributed by atoms with Gasteiger partial charge in [-0.25, -0.2) is 11.1 Å². The normalized spacial score (nSPS) is 13.1. The molecule has 0 aliphatic heterocycles. The van der Waals surface area contributed by atoms with Gasteiger partial charge in [-0.05, 0) is 33.4 Å². The van der Waals surface area contributed by atoms with Crippen LogP contribution in [0.1, 0.15) is 13.8 Å². The van der Waals surface area contributed by atoms with E-state index in [1.165, 1.54) is 0 Å². The zero-order valence-corrected chi connectivity index (χ0v) is 7.37. The minimum atomic E-state index is 0.132. The summed E-state index contributed by atoms with van der Waals surface area (Å²) < 4.78 is 2.40. The quantitative estimate of drug-likeness (QED) is 0.562. The first-order valence-electron chi connectivity index (χ1n) is 2.95. The molecule has 0 heterocycles. The molecule has 0 aliphatic carbocycles. The third-order valence-electron chi connectivity index (χ3n) is 1.38. The molecular weight excluding hydrogens is 118 g/mol. The van der Waals surface area contributed by atoms with Crippen molar-refractivity contribution >= 4 is 11.1 Å². The zero-order chi connectivity index (χ0) is 6.73. The Morgan fingerprint density at radius 2 is 1.62 bits per heavy atom. The van der Waals surface area contributed by atoms with Crippen LogP contribution in [-0.4, -0.2) is 29.9 Å². The molecule has 8 heavy (non-hydrogen) atoms. The van der Waals surface area contributed by atoms with E-state index in [0.717, 1.165) is 0 Å². The fourth-order valence-electron chi connectivity index (χ4n) is 0.462. The van der Waals surface area contributed by atoms with Gasteiger partial charge < -0.3 is 0 Å². The van der Waals surface area contributed by atoms with E-state index in [1.54, 1.807) is 0 Å². The van der Waals surface area contributed by atoms with Crippen molar-refractivity contribution in [1.82, 2.24) is 4.31 Å². The van der Waals surface area contributed by atoms with Gasteiger partial charge in [-0.3, -0.25) is 4.31 Å². The highest BCUT2D eigenvalue weighted by molar-refractivity contribution is 8.13. The Labute approximate surface area is 55.6 Å². The summed E-state index contributed by atoms with van der Waals surface area (Å²) in [4.78, 5) is 0. The van der Waals surface area contributed by atoms with Crippen molar-refractivity contribution in [3.63, 3.8) is 0 Å². The van der Waals surface area contributed by atoms with Crippen LogP contribution in [0.2, 0.25) is 0 Å². The van der Waals surface area contributed by atoms with E-state index < -0.39 is 0 Å². The first kappa shape index (κ1) is 8.31. The van der Waals surface area contributed by atoms with Crippen molar-refractivity contribution < 1.29 is 0 Å². The summed E-state index contributed by atoms with van der Waals surface area (Å²) in [5, 5.41) is 0. The minimum Gasteiger partial charge on any atom is -0.271 e. The highest BCUT2D eigenvalue weighted by Gasteiger charge is 2.01. The average Bonchev–Trinajstić information content (AvgIpc) is 1.64. The molecule has 0 fully saturated rings. The Hall–Kier alpha value is 0.310. The maximum absolute atomic E-state index is 2.40. The molecule has 52 valence electrons. The molecule has 2 heteroatoms. The second kappa shape index (κ2) is 3.36. The molecule has 1 nitrogen and oxygen atoms in total. The molecule has 0 bridgehead atoms. The van der Waals surface area contributed by atoms with Gasteiger partial charge >= 0.3 is 0 Å². The lowest BCUT2D eigenvalue weighted by Gasteiger charge is -2.27. The van der Waals surface area contributed by atoms with Crippen molar-refractivity contribution in [2.24, 2.45) is 0 Å². The third-order valence-corrected chi connectivity index (χ3v) is 3.10. The van der Waals surface area contributed by atoms with Gasteiger partial charge in [0.05, 0.1) is 0 Å². The predicted octanol–water partition coefficient (Wildman–Crippen LogP) is 1.50. The van der Waals surface area contributed by atoms with Gasteiger partial charge in [0.25, 0.3) is 0 Å². The summed E-state index contributed by atoms with van der Waals surface area (Å²) in [6.07, 6.45) is 4.55. The van der Waals surface area contributed by atoms with Gasteiger partial charge in [0.1, 0.15) is 0 Å². The third kappa shape index (κ3) is 2.58. The monoisotopic (exact) mass is 135 g/mol. The molecule has 0 aromatic carbocycles. The molecule has 0 rings (SSSR count). The fraction of sp³-hybridized carbons (Fsp3) is 1.00. The molecule has 0 aromatic rings. The maximum Gasteiger partial charge on any atom is 0.0125 e. The lowest BCUT2D eigenvalue weighted by molar-refractivity contribution is 0.465. The first-order valence-corrected chi connectivity index (χ1v) is 5.14. The van der Waals surface area contributed by atoms with E-state index in [1.807, 2.05) is 0 Å². The van der Waals surface area contributed by atoms with Crippen LogP contribution in [0.25, 0.3) is 0 Å². The Balaban J connectivity index is 3.46. The van der Waals surface area contributed by atoms with Crippen LogP contribution in [0.4, 0.5) is 0 Å². The van der Waals surface area contributed by atoms with E-state index in [0.29, 0.717) is 6.04 Å². The smallest absolute Gasteiger partial charge is 0.0125 e. The highest BCUT2D eigenvalue weighted by atomic mass is 32.2. The van der Waals surface area contributed by atoms with E-state index in [-0.39, 0.29) is 11.1 Å². The van der Waals surface area contributed by atoms with Crippen LogP contribution in [0, 0.1) is 0 Å². The summed E-state index contributed by atoms with van der Waals surface area (Å²) >= 11 is 0.132. The Morgan fingerprint density at radius 1 is 1.25 bits per heavy atom. The van der Waals surface area contributed by atoms with Crippen LogP contribution in [0.15, 0.2) is 0 Å². The van der Waals surface area contributed by atoms with Crippen LogP contribution in [-0.2, 0) is 0 Å². The number of hydrogen-bond acceptors (Lipinski definition) is 1. The molecule has 0 spiro atoms. The predicted molar refractivity (Wildman–Crippen MR) is 43.7 cm³/mol. The maximum atomic E-state index is 2.40. The summed E-state index contributed by atoms with van der Waals surface area (Å²) in [5.41, 5.74) is 0. The zero-order valence-electron chi connectivity index (χ0n) is 6.47. The van der Waals surface area contributed by atoms with Gasteiger partial charge in [-0.2, -0.15) is 0 Å². The van der Waals surface area contributed by atoms with Gasteiger partial charge in [-0.1, -0.05) is 0 Å². The average molecular weight is 135 g/mol. The van der Waals surface area contributed by atoms with Crippen molar-refractivity contribution in [2.45, 2.75) is 19.9 Å². The number of nitrogens with zero attached hydrogens (tertiary/aromatic N) is 1. The molecule has 0 unspecified atom stereocenters. The Bertz CT molecular complexity index is 53.5. The molecule has 0 saturated heterocycles. The van der Waals surface area contributed by atoms with E-state index in [9.17, 15) is 0 Å². The highest BCUT2D eigenvalue weighted by Crippen LogP contribution is 2.20.